The summed E-state index contributed by atoms with van der Waals surface area (Å²) in [6, 6.07) is 16.5. The molecule has 2 unspecified atom stereocenters. The highest BCUT2D eigenvalue weighted by Crippen LogP contribution is 2.29. The predicted octanol–water partition coefficient (Wildman–Crippen LogP) is 2.41. The number of anilines is 1. The first-order valence-electron chi connectivity index (χ1n) is 9.59. The highest BCUT2D eigenvalue weighted by molar-refractivity contribution is 6.20. The number of benzene rings is 2. The van der Waals surface area contributed by atoms with Gasteiger partial charge in [-0.25, -0.2) is 0 Å². The molecule has 0 saturated heterocycles. The summed E-state index contributed by atoms with van der Waals surface area (Å²) in [6.07, 6.45) is -1.07. The second kappa shape index (κ2) is 8.35. The summed E-state index contributed by atoms with van der Waals surface area (Å²) in [7, 11) is 0. The van der Waals surface area contributed by atoms with Gasteiger partial charge < -0.3 is 10.6 Å². The Kier molecular flexibility index (Phi) is 5.90. The number of aliphatic imine (C=N–C) groups is 1. The molecule has 0 bridgehead atoms. The van der Waals surface area contributed by atoms with Crippen molar-refractivity contribution < 1.29 is 9.59 Å². The minimum atomic E-state index is -1.07. The number of fused-ring (bicyclic) bond motifs is 1. The Bertz CT molecular complexity index is 890. The summed E-state index contributed by atoms with van der Waals surface area (Å²) in [5, 5.41) is 0. The summed E-state index contributed by atoms with van der Waals surface area (Å²) in [6.45, 7) is 6.77. The minimum Gasteiger partial charge on any atom is -0.341 e. The van der Waals surface area contributed by atoms with Crippen LogP contribution >= 0.6 is 0 Å². The van der Waals surface area contributed by atoms with Gasteiger partial charge in [0.1, 0.15) is 6.04 Å². The smallest absolute Gasteiger partial charge is 0.267 e. The Morgan fingerprint density at radius 2 is 1.71 bits per heavy atom. The lowest BCUT2D eigenvalue weighted by molar-refractivity contribution is -0.134. The van der Waals surface area contributed by atoms with E-state index in [4.69, 9.17) is 5.73 Å². The van der Waals surface area contributed by atoms with Crippen molar-refractivity contribution in [1.29, 1.82) is 0 Å². The van der Waals surface area contributed by atoms with Crippen molar-refractivity contribution in [2.24, 2.45) is 10.7 Å². The van der Waals surface area contributed by atoms with Crippen molar-refractivity contribution in [2.45, 2.75) is 33.0 Å². The van der Waals surface area contributed by atoms with E-state index >= 15 is 0 Å². The zero-order chi connectivity index (χ0) is 20.3. The Labute approximate surface area is 165 Å². The number of carbonyl (C=O) groups is 2. The molecule has 1 aliphatic heterocycles. The van der Waals surface area contributed by atoms with Crippen molar-refractivity contribution in [3.05, 3.63) is 65.7 Å². The van der Waals surface area contributed by atoms with Gasteiger partial charge in [0.05, 0.1) is 11.4 Å². The lowest BCUT2D eigenvalue weighted by Crippen LogP contribution is -2.53. The normalized spacial score (nSPS) is 17.4. The van der Waals surface area contributed by atoms with Crippen molar-refractivity contribution >= 4 is 23.2 Å². The van der Waals surface area contributed by atoms with Crippen LogP contribution in [-0.2, 0) is 9.59 Å². The fourth-order valence-corrected chi connectivity index (χ4v) is 3.54. The van der Waals surface area contributed by atoms with Crippen LogP contribution in [0.4, 0.5) is 5.69 Å². The molecule has 28 heavy (non-hydrogen) atoms. The van der Waals surface area contributed by atoms with E-state index < -0.39 is 12.2 Å². The Morgan fingerprint density at radius 1 is 1.11 bits per heavy atom. The number of benzodiazepines with no additional fused rings is 1. The standard InChI is InChI=1S/C22H26N4O2/c1-4-25(5-2)21(27)15(3)26-18-14-10-9-13-17(18)19(24-20(23)22(26)28)16-11-7-6-8-12-16/h6-15,20H,4-5,23H2,1-3H3. The van der Waals surface area contributed by atoms with Crippen LogP contribution < -0.4 is 10.6 Å². The molecule has 0 spiro atoms. The number of hydrogen-bond donors (Lipinski definition) is 1. The number of nitrogens with two attached hydrogens (primary N) is 1. The van der Waals surface area contributed by atoms with Crippen LogP contribution in [0.2, 0.25) is 0 Å². The summed E-state index contributed by atoms with van der Waals surface area (Å²) >= 11 is 0. The Hall–Kier alpha value is -2.99. The molecule has 0 fully saturated rings. The first-order valence-corrected chi connectivity index (χ1v) is 9.59. The van der Waals surface area contributed by atoms with Gasteiger partial charge in [-0.1, -0.05) is 48.5 Å². The molecule has 2 amide bonds. The van der Waals surface area contributed by atoms with Crippen molar-refractivity contribution in [3.63, 3.8) is 0 Å². The molecule has 2 atom stereocenters. The Morgan fingerprint density at radius 3 is 2.36 bits per heavy atom. The molecule has 0 saturated carbocycles. The molecule has 0 aromatic heterocycles. The third-order valence-corrected chi connectivity index (χ3v) is 5.04. The second-order valence-electron chi connectivity index (χ2n) is 6.70. The summed E-state index contributed by atoms with van der Waals surface area (Å²) < 4.78 is 0. The van der Waals surface area contributed by atoms with Crippen LogP contribution in [0.15, 0.2) is 59.6 Å². The van der Waals surface area contributed by atoms with E-state index in [1.807, 2.05) is 68.4 Å². The van der Waals surface area contributed by atoms with E-state index in [0.717, 1.165) is 11.1 Å². The van der Waals surface area contributed by atoms with Crippen LogP contribution in [0, 0.1) is 0 Å². The first kappa shape index (κ1) is 19.8. The lowest BCUT2D eigenvalue weighted by Gasteiger charge is -2.32. The molecule has 0 aliphatic carbocycles. The number of likely N-dealkylation sites (N-methyl/N-ethyl adjacent to an activating group) is 1. The maximum atomic E-state index is 13.2. The van der Waals surface area contributed by atoms with E-state index in [1.165, 1.54) is 4.90 Å². The molecule has 2 aromatic rings. The second-order valence-corrected chi connectivity index (χ2v) is 6.70. The largest absolute Gasteiger partial charge is 0.341 e. The van der Waals surface area contributed by atoms with Crippen molar-refractivity contribution in [2.75, 3.05) is 18.0 Å². The fourth-order valence-electron chi connectivity index (χ4n) is 3.54. The monoisotopic (exact) mass is 378 g/mol. The molecular weight excluding hydrogens is 352 g/mol. The maximum Gasteiger partial charge on any atom is 0.267 e. The molecule has 1 aliphatic rings. The average molecular weight is 378 g/mol. The molecule has 0 radical (unpaired) electrons. The summed E-state index contributed by atoms with van der Waals surface area (Å²) in [5.74, 6) is -0.491. The zero-order valence-corrected chi connectivity index (χ0v) is 16.5. The molecule has 6 heteroatoms. The number of para-hydroxylation sites is 1. The van der Waals surface area contributed by atoms with E-state index in [-0.39, 0.29) is 11.8 Å². The third kappa shape index (κ3) is 3.55. The van der Waals surface area contributed by atoms with Gasteiger partial charge in [0.15, 0.2) is 6.17 Å². The molecular formula is C22H26N4O2. The first-order chi connectivity index (χ1) is 13.5. The molecule has 2 N–H and O–H groups in total. The predicted molar refractivity (Wildman–Crippen MR) is 111 cm³/mol. The van der Waals surface area contributed by atoms with Gasteiger partial charge in [-0.3, -0.25) is 19.5 Å². The van der Waals surface area contributed by atoms with Gasteiger partial charge in [-0.05, 0) is 26.8 Å². The lowest BCUT2D eigenvalue weighted by atomic mass is 9.99. The van der Waals surface area contributed by atoms with E-state index in [1.54, 1.807) is 11.8 Å². The summed E-state index contributed by atoms with van der Waals surface area (Å²) in [4.78, 5) is 33.9. The minimum absolute atomic E-state index is 0.108. The fraction of sp³-hybridized carbons (Fsp3) is 0.318. The number of hydrogen-bond acceptors (Lipinski definition) is 4. The van der Waals surface area contributed by atoms with E-state index in [2.05, 4.69) is 4.99 Å². The third-order valence-electron chi connectivity index (χ3n) is 5.04. The number of nitrogens with zero attached hydrogens (tertiary/aromatic N) is 3. The van der Waals surface area contributed by atoms with E-state index in [0.29, 0.717) is 24.5 Å². The van der Waals surface area contributed by atoms with Gasteiger partial charge in [0.25, 0.3) is 5.91 Å². The van der Waals surface area contributed by atoms with Crippen LogP contribution in [-0.4, -0.2) is 47.7 Å². The highest BCUT2D eigenvalue weighted by Gasteiger charge is 2.36. The van der Waals surface area contributed by atoms with Crippen LogP contribution in [0.5, 0.6) is 0 Å². The molecule has 146 valence electrons. The van der Waals surface area contributed by atoms with Crippen molar-refractivity contribution in [3.8, 4) is 0 Å². The number of carbonyl (C=O) groups excluding carboxylic acids is 2. The summed E-state index contributed by atoms with van der Waals surface area (Å²) in [5.41, 5.74) is 9.12. The molecule has 2 aromatic carbocycles. The zero-order valence-electron chi connectivity index (χ0n) is 16.5. The SMILES string of the molecule is CCN(CC)C(=O)C(C)N1C(=O)C(N)N=C(c2ccccc2)c2ccccc21. The molecule has 1 heterocycles. The number of rotatable bonds is 5. The number of amides is 2. The Balaban J connectivity index is 2.13. The highest BCUT2D eigenvalue weighted by atomic mass is 16.2. The quantitative estimate of drug-likeness (QED) is 0.868. The van der Waals surface area contributed by atoms with Crippen LogP contribution in [0.3, 0.4) is 0 Å². The average Bonchev–Trinajstić information content (AvgIpc) is 2.84. The van der Waals surface area contributed by atoms with Crippen LogP contribution in [0.25, 0.3) is 0 Å². The van der Waals surface area contributed by atoms with E-state index in [9.17, 15) is 9.59 Å². The van der Waals surface area contributed by atoms with Gasteiger partial charge in [0, 0.05) is 24.2 Å². The van der Waals surface area contributed by atoms with Crippen molar-refractivity contribution in [1.82, 2.24) is 4.90 Å². The topological polar surface area (TPSA) is 79.0 Å². The van der Waals surface area contributed by atoms with Gasteiger partial charge in [-0.15, -0.1) is 0 Å². The van der Waals surface area contributed by atoms with Gasteiger partial charge >= 0.3 is 0 Å². The van der Waals surface area contributed by atoms with Crippen LogP contribution in [0.1, 0.15) is 31.9 Å². The van der Waals surface area contributed by atoms with Gasteiger partial charge in [0.2, 0.25) is 5.91 Å². The van der Waals surface area contributed by atoms with Gasteiger partial charge in [-0.2, -0.15) is 0 Å². The maximum absolute atomic E-state index is 13.2. The molecule has 3 rings (SSSR count). The molecule has 6 nitrogen and oxygen atoms in total.